The Hall–Kier alpha value is -1.33. The van der Waals surface area contributed by atoms with Crippen molar-refractivity contribution in [2.24, 2.45) is 5.41 Å². The minimum Gasteiger partial charge on any atom is -0.464 e. The molecule has 0 aromatic carbocycles. The zero-order valence-electron chi connectivity index (χ0n) is 11.9. The van der Waals surface area contributed by atoms with Crippen LogP contribution in [0.2, 0.25) is 0 Å². The van der Waals surface area contributed by atoms with Crippen LogP contribution in [0.15, 0.2) is 12.1 Å². The Balaban J connectivity index is 1.87. The minimum absolute atomic E-state index is 0.145. The molecular weight excluding hydrogens is 244 g/mol. The second kappa shape index (κ2) is 5.35. The molecule has 2 N–H and O–H groups in total. The Morgan fingerprint density at radius 1 is 1.47 bits per heavy atom. The van der Waals surface area contributed by atoms with Crippen LogP contribution in [0.5, 0.6) is 0 Å². The van der Waals surface area contributed by atoms with E-state index in [9.17, 15) is 4.79 Å². The summed E-state index contributed by atoms with van der Waals surface area (Å²) in [5.41, 5.74) is 1.62. The minimum atomic E-state index is -0.338. The third-order valence-electron chi connectivity index (χ3n) is 4.15. The van der Waals surface area contributed by atoms with Gasteiger partial charge in [0.15, 0.2) is 0 Å². The standard InChI is InChI=1S/C14H22N2O3/c1-14(2)11(7-12(14)18-3)15-8-9-5-6-10(16-9)13(17)19-4/h5-6,11-12,15-16H,7-8H2,1-4H3. The molecule has 1 heterocycles. The summed E-state index contributed by atoms with van der Waals surface area (Å²) in [6.45, 7) is 5.12. The number of esters is 1. The summed E-state index contributed by atoms with van der Waals surface area (Å²) in [6.07, 6.45) is 1.34. The molecule has 1 fully saturated rings. The van der Waals surface area contributed by atoms with Gasteiger partial charge in [-0.1, -0.05) is 13.8 Å². The number of aromatic nitrogens is 1. The molecule has 0 saturated heterocycles. The first-order valence-corrected chi connectivity index (χ1v) is 6.51. The van der Waals surface area contributed by atoms with Crippen molar-refractivity contribution in [3.8, 4) is 0 Å². The molecule has 19 heavy (non-hydrogen) atoms. The number of carbonyl (C=O) groups excluding carboxylic acids is 1. The lowest BCUT2D eigenvalue weighted by Crippen LogP contribution is -2.60. The van der Waals surface area contributed by atoms with Gasteiger partial charge >= 0.3 is 5.97 Å². The highest BCUT2D eigenvalue weighted by Crippen LogP contribution is 2.42. The molecule has 0 radical (unpaired) electrons. The van der Waals surface area contributed by atoms with Crippen LogP contribution in [-0.2, 0) is 16.0 Å². The molecule has 2 rings (SSSR count). The van der Waals surface area contributed by atoms with Crippen molar-refractivity contribution >= 4 is 5.97 Å². The molecule has 0 aliphatic heterocycles. The van der Waals surface area contributed by atoms with Crippen LogP contribution >= 0.6 is 0 Å². The summed E-state index contributed by atoms with van der Waals surface area (Å²) in [7, 11) is 3.14. The van der Waals surface area contributed by atoms with Crippen LogP contribution in [0.25, 0.3) is 0 Å². The number of hydrogen-bond acceptors (Lipinski definition) is 4. The normalized spacial score (nSPS) is 24.8. The summed E-state index contributed by atoms with van der Waals surface area (Å²) >= 11 is 0. The average Bonchev–Trinajstić information content (AvgIpc) is 2.85. The molecule has 2 atom stereocenters. The number of methoxy groups -OCH3 is 2. The lowest BCUT2D eigenvalue weighted by atomic mass is 9.64. The first kappa shape index (κ1) is 14.1. The van der Waals surface area contributed by atoms with E-state index >= 15 is 0 Å². The fraction of sp³-hybridized carbons (Fsp3) is 0.643. The maximum Gasteiger partial charge on any atom is 0.354 e. The van der Waals surface area contributed by atoms with E-state index in [0.717, 1.165) is 12.1 Å². The van der Waals surface area contributed by atoms with Crippen LogP contribution < -0.4 is 5.32 Å². The predicted octanol–water partition coefficient (Wildman–Crippen LogP) is 1.70. The van der Waals surface area contributed by atoms with E-state index in [2.05, 4.69) is 28.9 Å². The van der Waals surface area contributed by atoms with Crippen molar-refractivity contribution in [2.45, 2.75) is 39.0 Å². The summed E-state index contributed by atoms with van der Waals surface area (Å²) in [5, 5.41) is 3.50. The quantitative estimate of drug-likeness (QED) is 0.796. The maximum absolute atomic E-state index is 11.3. The smallest absolute Gasteiger partial charge is 0.354 e. The topological polar surface area (TPSA) is 63.4 Å². The van der Waals surface area contributed by atoms with Crippen molar-refractivity contribution in [3.63, 3.8) is 0 Å². The van der Waals surface area contributed by atoms with Crippen molar-refractivity contribution in [1.29, 1.82) is 0 Å². The van der Waals surface area contributed by atoms with E-state index in [1.165, 1.54) is 7.11 Å². The highest BCUT2D eigenvalue weighted by Gasteiger charge is 2.48. The molecule has 1 aliphatic carbocycles. The van der Waals surface area contributed by atoms with Gasteiger partial charge < -0.3 is 19.8 Å². The van der Waals surface area contributed by atoms with Gasteiger partial charge in [0, 0.05) is 30.8 Å². The Labute approximate surface area is 113 Å². The SMILES string of the molecule is COC(=O)c1ccc(CNC2CC(OC)C2(C)C)[nH]1. The van der Waals surface area contributed by atoms with Crippen LogP contribution in [0.1, 0.15) is 36.5 Å². The lowest BCUT2D eigenvalue weighted by Gasteiger charge is -2.51. The third kappa shape index (κ3) is 2.67. The number of ether oxygens (including phenoxy) is 2. The van der Waals surface area contributed by atoms with Gasteiger partial charge in [0.2, 0.25) is 0 Å². The van der Waals surface area contributed by atoms with Crippen LogP contribution in [0, 0.1) is 5.41 Å². The van der Waals surface area contributed by atoms with Crippen molar-refractivity contribution in [1.82, 2.24) is 10.3 Å². The molecule has 1 aromatic heterocycles. The zero-order chi connectivity index (χ0) is 14.0. The van der Waals surface area contributed by atoms with Gasteiger partial charge in [0.05, 0.1) is 13.2 Å². The summed E-state index contributed by atoms with van der Waals surface area (Å²) in [4.78, 5) is 14.4. The van der Waals surface area contributed by atoms with Crippen molar-refractivity contribution in [2.75, 3.05) is 14.2 Å². The van der Waals surface area contributed by atoms with Gasteiger partial charge in [0.25, 0.3) is 0 Å². The molecule has 106 valence electrons. The zero-order valence-corrected chi connectivity index (χ0v) is 11.9. The van der Waals surface area contributed by atoms with Gasteiger partial charge in [-0.15, -0.1) is 0 Å². The maximum atomic E-state index is 11.3. The molecule has 1 saturated carbocycles. The van der Waals surface area contributed by atoms with Crippen molar-refractivity contribution in [3.05, 3.63) is 23.5 Å². The van der Waals surface area contributed by atoms with E-state index in [-0.39, 0.29) is 11.4 Å². The van der Waals surface area contributed by atoms with Gasteiger partial charge in [-0.05, 0) is 18.6 Å². The predicted molar refractivity (Wildman–Crippen MR) is 72.0 cm³/mol. The van der Waals surface area contributed by atoms with E-state index in [4.69, 9.17) is 4.74 Å². The monoisotopic (exact) mass is 266 g/mol. The van der Waals surface area contributed by atoms with Gasteiger partial charge in [0.1, 0.15) is 5.69 Å². The number of carbonyl (C=O) groups is 1. The van der Waals surface area contributed by atoms with E-state index < -0.39 is 0 Å². The summed E-state index contributed by atoms with van der Waals surface area (Å²) in [6, 6.07) is 4.08. The largest absolute Gasteiger partial charge is 0.464 e. The fourth-order valence-electron chi connectivity index (χ4n) is 2.64. The van der Waals surface area contributed by atoms with Gasteiger partial charge in [-0.3, -0.25) is 0 Å². The highest BCUT2D eigenvalue weighted by atomic mass is 16.5. The molecule has 0 spiro atoms. The number of hydrogen-bond donors (Lipinski definition) is 2. The van der Waals surface area contributed by atoms with Crippen LogP contribution in [0.3, 0.4) is 0 Å². The van der Waals surface area contributed by atoms with Gasteiger partial charge in [-0.2, -0.15) is 0 Å². The lowest BCUT2D eigenvalue weighted by molar-refractivity contribution is -0.0979. The van der Waals surface area contributed by atoms with E-state index in [1.807, 2.05) is 6.07 Å². The molecule has 1 aromatic rings. The number of rotatable bonds is 5. The molecule has 1 aliphatic rings. The van der Waals surface area contributed by atoms with Crippen LogP contribution in [-0.4, -0.2) is 37.3 Å². The second-order valence-corrected chi connectivity index (χ2v) is 5.60. The second-order valence-electron chi connectivity index (χ2n) is 5.60. The number of nitrogens with one attached hydrogen (secondary N) is 2. The summed E-state index contributed by atoms with van der Waals surface area (Å²) in [5.74, 6) is -0.338. The molecule has 0 bridgehead atoms. The molecular formula is C14H22N2O3. The molecule has 2 unspecified atom stereocenters. The first-order chi connectivity index (χ1) is 8.98. The Bertz CT molecular complexity index is 453. The fourth-order valence-corrected chi connectivity index (χ4v) is 2.64. The molecule has 0 amide bonds. The number of H-pyrrole nitrogens is 1. The Morgan fingerprint density at radius 2 is 2.21 bits per heavy atom. The number of aromatic amines is 1. The highest BCUT2D eigenvalue weighted by molar-refractivity contribution is 5.87. The molecule has 5 heteroatoms. The third-order valence-corrected chi connectivity index (χ3v) is 4.15. The van der Waals surface area contributed by atoms with Gasteiger partial charge in [-0.25, -0.2) is 4.79 Å². The van der Waals surface area contributed by atoms with E-state index in [0.29, 0.717) is 24.4 Å². The van der Waals surface area contributed by atoms with E-state index in [1.54, 1.807) is 13.2 Å². The average molecular weight is 266 g/mol. The Morgan fingerprint density at radius 3 is 2.79 bits per heavy atom. The first-order valence-electron chi connectivity index (χ1n) is 6.51. The van der Waals surface area contributed by atoms with Crippen molar-refractivity contribution < 1.29 is 14.3 Å². The summed E-state index contributed by atoms with van der Waals surface area (Å²) < 4.78 is 10.1. The Kier molecular flexibility index (Phi) is 3.96. The molecule has 5 nitrogen and oxygen atoms in total. The van der Waals surface area contributed by atoms with Crippen LogP contribution in [0.4, 0.5) is 0 Å².